The normalized spacial score (nSPS) is 11.4. The Bertz CT molecular complexity index is 915. The van der Waals surface area contributed by atoms with Gasteiger partial charge in [-0.15, -0.1) is 14.8 Å². The average Bonchev–Trinajstić information content (AvgIpc) is 3.03. The Morgan fingerprint density at radius 3 is 3.10 bits per heavy atom. The van der Waals surface area contributed by atoms with Crippen LogP contribution in [-0.4, -0.2) is 30.2 Å². The summed E-state index contributed by atoms with van der Waals surface area (Å²) in [5.41, 5.74) is 8.35. The monoisotopic (exact) mass is 285 g/mol. The number of hydrogen-bond acceptors (Lipinski definition) is 8. The molecule has 0 amide bonds. The quantitative estimate of drug-likeness (QED) is 0.550. The summed E-state index contributed by atoms with van der Waals surface area (Å²) < 4.78 is 6.97. The summed E-state index contributed by atoms with van der Waals surface area (Å²) in [5.74, 6) is 0. The van der Waals surface area contributed by atoms with Gasteiger partial charge in [-0.1, -0.05) is 0 Å². The van der Waals surface area contributed by atoms with Gasteiger partial charge in [-0.05, 0) is 52.5 Å². The van der Waals surface area contributed by atoms with Crippen LogP contribution in [0.4, 0.5) is 5.69 Å². The van der Waals surface area contributed by atoms with Crippen molar-refractivity contribution >= 4 is 34.2 Å². The van der Waals surface area contributed by atoms with Gasteiger partial charge in [0.2, 0.25) is 0 Å². The summed E-state index contributed by atoms with van der Waals surface area (Å²) in [4.78, 5) is 4.35. The van der Waals surface area contributed by atoms with Gasteiger partial charge < -0.3 is 10.2 Å². The maximum Gasteiger partial charge on any atom is 0.263 e. The zero-order chi connectivity index (χ0) is 13.5. The molecule has 4 aromatic rings. The van der Waals surface area contributed by atoms with Crippen molar-refractivity contribution in [1.29, 1.82) is 0 Å². The smallest absolute Gasteiger partial charge is 0.263 e. The van der Waals surface area contributed by atoms with Gasteiger partial charge in [-0.25, -0.2) is 4.98 Å². The Balaban J connectivity index is 1.72. The maximum absolute atomic E-state index is 5.71. The van der Waals surface area contributed by atoms with Crippen molar-refractivity contribution in [2.45, 2.75) is 10.2 Å². The predicted octanol–water partition coefficient (Wildman–Crippen LogP) is 1.39. The molecule has 8 nitrogen and oxygen atoms in total. The van der Waals surface area contributed by atoms with Crippen molar-refractivity contribution in [3.8, 4) is 0 Å². The number of oxazole rings is 1. The number of anilines is 1. The molecule has 0 aliphatic heterocycles. The van der Waals surface area contributed by atoms with Crippen molar-refractivity contribution in [3.63, 3.8) is 0 Å². The average molecular weight is 285 g/mol. The van der Waals surface area contributed by atoms with Crippen molar-refractivity contribution in [3.05, 3.63) is 30.3 Å². The standard InChI is InChI=1S/C11H7N7OS/c12-6-1-2-8-7(5-6)13-11(19-8)20-10-4-3-9-14-16-17-18(9)15-10/h1-5H,12H2. The predicted molar refractivity (Wildman–Crippen MR) is 71.1 cm³/mol. The summed E-state index contributed by atoms with van der Waals surface area (Å²) in [7, 11) is 0. The van der Waals surface area contributed by atoms with Crippen molar-refractivity contribution in [2.24, 2.45) is 0 Å². The first-order valence-electron chi connectivity index (χ1n) is 5.67. The highest BCUT2D eigenvalue weighted by Crippen LogP contribution is 2.29. The molecule has 0 aliphatic carbocycles. The van der Waals surface area contributed by atoms with E-state index in [1.165, 1.54) is 16.4 Å². The van der Waals surface area contributed by atoms with Crippen LogP contribution in [0.3, 0.4) is 0 Å². The van der Waals surface area contributed by atoms with E-state index in [4.69, 9.17) is 10.2 Å². The molecule has 3 heterocycles. The summed E-state index contributed by atoms with van der Waals surface area (Å²) in [6.45, 7) is 0. The second kappa shape index (κ2) is 4.17. The molecule has 0 saturated carbocycles. The molecule has 0 radical (unpaired) electrons. The van der Waals surface area contributed by atoms with Crippen LogP contribution in [0.15, 0.2) is 45.0 Å². The highest BCUT2D eigenvalue weighted by atomic mass is 32.2. The van der Waals surface area contributed by atoms with Gasteiger partial charge in [0.1, 0.15) is 10.5 Å². The van der Waals surface area contributed by atoms with E-state index in [9.17, 15) is 0 Å². The van der Waals surface area contributed by atoms with Crippen molar-refractivity contribution < 1.29 is 4.42 Å². The number of nitrogens with zero attached hydrogens (tertiary/aromatic N) is 6. The van der Waals surface area contributed by atoms with Gasteiger partial charge in [-0.2, -0.15) is 0 Å². The number of nitrogen functional groups attached to an aromatic ring is 1. The molecule has 9 heteroatoms. The van der Waals surface area contributed by atoms with E-state index < -0.39 is 0 Å². The lowest BCUT2D eigenvalue weighted by atomic mass is 10.3. The Hall–Kier alpha value is -2.68. The van der Waals surface area contributed by atoms with Crippen LogP contribution < -0.4 is 5.73 Å². The van der Waals surface area contributed by atoms with Gasteiger partial charge in [0, 0.05) is 5.69 Å². The summed E-state index contributed by atoms with van der Waals surface area (Å²) in [6.07, 6.45) is 0. The Morgan fingerprint density at radius 2 is 2.15 bits per heavy atom. The molecular formula is C11H7N7OS. The third-order valence-corrected chi connectivity index (χ3v) is 3.41. The number of benzene rings is 1. The first-order chi connectivity index (χ1) is 9.78. The van der Waals surface area contributed by atoms with E-state index >= 15 is 0 Å². The van der Waals surface area contributed by atoms with E-state index in [1.807, 2.05) is 0 Å². The number of hydrogen-bond donors (Lipinski definition) is 1. The Labute approximate surface area is 116 Å². The zero-order valence-corrected chi connectivity index (χ0v) is 10.8. The topological polar surface area (TPSA) is 108 Å². The SMILES string of the molecule is Nc1ccc2oc(Sc3ccc4nnnn4n3)nc2c1. The largest absolute Gasteiger partial charge is 0.431 e. The first kappa shape index (κ1) is 11.2. The number of tetrazole rings is 1. The van der Waals surface area contributed by atoms with Crippen LogP contribution in [0.5, 0.6) is 0 Å². The lowest BCUT2D eigenvalue weighted by Gasteiger charge is -1.94. The van der Waals surface area contributed by atoms with E-state index in [0.717, 1.165) is 5.52 Å². The third-order valence-electron chi connectivity index (χ3n) is 2.63. The van der Waals surface area contributed by atoms with Crippen LogP contribution in [0.2, 0.25) is 0 Å². The highest BCUT2D eigenvalue weighted by Gasteiger charge is 2.10. The number of fused-ring (bicyclic) bond motifs is 2. The second-order valence-corrected chi connectivity index (χ2v) is 4.98. The second-order valence-electron chi connectivity index (χ2n) is 4.01. The van der Waals surface area contributed by atoms with Crippen LogP contribution in [0.1, 0.15) is 0 Å². The minimum absolute atomic E-state index is 0.491. The number of aromatic nitrogens is 6. The van der Waals surface area contributed by atoms with Gasteiger partial charge in [0.15, 0.2) is 11.2 Å². The Morgan fingerprint density at radius 1 is 1.20 bits per heavy atom. The van der Waals surface area contributed by atoms with Gasteiger partial charge >= 0.3 is 0 Å². The molecule has 0 bridgehead atoms. The molecule has 1 aromatic carbocycles. The lowest BCUT2D eigenvalue weighted by molar-refractivity contribution is 0.489. The fourth-order valence-electron chi connectivity index (χ4n) is 1.74. The summed E-state index contributed by atoms with van der Waals surface area (Å²) >= 11 is 1.29. The van der Waals surface area contributed by atoms with Crippen LogP contribution >= 0.6 is 11.8 Å². The molecule has 0 unspecified atom stereocenters. The van der Waals surface area contributed by atoms with Crippen molar-refractivity contribution in [1.82, 2.24) is 30.2 Å². The van der Waals surface area contributed by atoms with Crippen LogP contribution in [-0.2, 0) is 0 Å². The van der Waals surface area contributed by atoms with Crippen LogP contribution in [0.25, 0.3) is 16.7 Å². The van der Waals surface area contributed by atoms with Gasteiger partial charge in [0.25, 0.3) is 5.22 Å². The van der Waals surface area contributed by atoms with Gasteiger partial charge in [-0.3, -0.25) is 0 Å². The summed E-state index contributed by atoms with van der Waals surface area (Å²) in [5, 5.41) is 16.5. The Kier molecular flexibility index (Phi) is 2.33. The van der Waals surface area contributed by atoms with Gasteiger partial charge in [0.05, 0.1) is 0 Å². The molecule has 2 N–H and O–H groups in total. The molecule has 0 atom stereocenters. The molecule has 98 valence electrons. The fraction of sp³-hybridized carbons (Fsp3) is 0. The molecule has 0 spiro atoms. The third kappa shape index (κ3) is 1.84. The molecule has 0 saturated heterocycles. The first-order valence-corrected chi connectivity index (χ1v) is 6.49. The van der Waals surface area contributed by atoms with E-state index in [-0.39, 0.29) is 0 Å². The molecule has 0 aliphatic rings. The molecule has 3 aromatic heterocycles. The molecule has 4 rings (SSSR count). The van der Waals surface area contributed by atoms with Crippen molar-refractivity contribution in [2.75, 3.05) is 5.73 Å². The lowest BCUT2D eigenvalue weighted by Crippen LogP contribution is -1.95. The molecule has 20 heavy (non-hydrogen) atoms. The van der Waals surface area contributed by atoms with E-state index in [2.05, 4.69) is 25.6 Å². The number of rotatable bonds is 2. The molecule has 0 fully saturated rings. The van der Waals surface area contributed by atoms with E-state index in [0.29, 0.717) is 27.2 Å². The van der Waals surface area contributed by atoms with Crippen LogP contribution in [0, 0.1) is 0 Å². The number of nitrogens with two attached hydrogens (primary N) is 1. The fourth-order valence-corrected chi connectivity index (χ4v) is 2.45. The maximum atomic E-state index is 5.71. The summed E-state index contributed by atoms with van der Waals surface area (Å²) in [6, 6.07) is 8.91. The highest BCUT2D eigenvalue weighted by molar-refractivity contribution is 7.99. The molecular weight excluding hydrogens is 278 g/mol. The minimum atomic E-state index is 0.491. The van der Waals surface area contributed by atoms with E-state index in [1.54, 1.807) is 30.3 Å². The zero-order valence-electron chi connectivity index (χ0n) is 9.96. The minimum Gasteiger partial charge on any atom is -0.431 e.